The summed E-state index contributed by atoms with van der Waals surface area (Å²) in [5, 5.41) is 2.41. The quantitative estimate of drug-likeness (QED) is 0.191. The summed E-state index contributed by atoms with van der Waals surface area (Å²) in [5.41, 5.74) is 12.3. The molecule has 1 aliphatic rings. The highest BCUT2D eigenvalue weighted by atomic mass is 16.5. The second-order valence-electron chi connectivity index (χ2n) is 12.2. The highest BCUT2D eigenvalue weighted by Gasteiger charge is 2.25. The molecule has 0 atom stereocenters. The fraction of sp³-hybridized carbons (Fsp3) is 0. The van der Waals surface area contributed by atoms with E-state index in [0.717, 1.165) is 56.4 Å². The third-order valence-electron chi connectivity index (χ3n) is 9.27. The molecule has 8 aromatic rings. The molecule has 8 aromatic carbocycles. The topological polar surface area (TPSA) is 12.5 Å². The summed E-state index contributed by atoms with van der Waals surface area (Å²) in [7, 11) is 0. The van der Waals surface area contributed by atoms with Crippen LogP contribution in [-0.2, 0) is 0 Å². The molecule has 2 nitrogen and oxygen atoms in total. The van der Waals surface area contributed by atoms with Gasteiger partial charge in [-0.3, -0.25) is 0 Å². The van der Waals surface area contributed by atoms with Gasteiger partial charge in [-0.15, -0.1) is 0 Å². The van der Waals surface area contributed by atoms with E-state index in [9.17, 15) is 0 Å². The summed E-state index contributed by atoms with van der Waals surface area (Å²) in [6, 6.07) is 66.8. The lowest BCUT2D eigenvalue weighted by Crippen LogP contribution is -2.10. The van der Waals surface area contributed by atoms with Gasteiger partial charge >= 0.3 is 0 Å². The van der Waals surface area contributed by atoms with Crippen molar-refractivity contribution in [1.29, 1.82) is 0 Å². The smallest absolute Gasteiger partial charge is 0.143 e. The summed E-state index contributed by atoms with van der Waals surface area (Å²) in [6.45, 7) is 0. The van der Waals surface area contributed by atoms with Gasteiger partial charge in [0.1, 0.15) is 11.5 Å². The van der Waals surface area contributed by atoms with Gasteiger partial charge in [-0.25, -0.2) is 0 Å². The SMILES string of the molecule is c1ccc(-c2ccc(N(c3ccc4c(c3)Oc3c(-c5ccccc5)cccc3-c3ccccc3-4)c3ccc4ccccc4c3)cc2)cc1. The van der Waals surface area contributed by atoms with Crippen molar-refractivity contribution >= 4 is 27.8 Å². The first-order valence-electron chi connectivity index (χ1n) is 16.3. The molecule has 1 heterocycles. The fourth-order valence-electron chi connectivity index (χ4n) is 6.92. The van der Waals surface area contributed by atoms with Crippen molar-refractivity contribution in [1.82, 2.24) is 0 Å². The van der Waals surface area contributed by atoms with Crippen LogP contribution in [0, 0.1) is 0 Å². The second-order valence-corrected chi connectivity index (χ2v) is 12.2. The van der Waals surface area contributed by atoms with Gasteiger partial charge in [-0.1, -0.05) is 146 Å². The monoisotopic (exact) mass is 613 g/mol. The number of fused-ring (bicyclic) bond motifs is 6. The molecule has 0 fully saturated rings. The van der Waals surface area contributed by atoms with Crippen LogP contribution in [0.5, 0.6) is 11.5 Å². The number of rotatable bonds is 5. The average Bonchev–Trinajstić information content (AvgIpc) is 3.30. The normalized spacial score (nSPS) is 11.5. The predicted molar refractivity (Wildman–Crippen MR) is 200 cm³/mol. The van der Waals surface area contributed by atoms with Crippen LogP contribution in [0.25, 0.3) is 55.3 Å². The molecule has 0 aliphatic carbocycles. The summed E-state index contributed by atoms with van der Waals surface area (Å²) in [6.07, 6.45) is 0. The van der Waals surface area contributed by atoms with Crippen LogP contribution in [0.4, 0.5) is 17.1 Å². The van der Waals surface area contributed by atoms with Crippen LogP contribution < -0.4 is 9.64 Å². The Kier molecular flexibility index (Phi) is 6.84. The van der Waals surface area contributed by atoms with Gasteiger partial charge in [-0.2, -0.15) is 0 Å². The van der Waals surface area contributed by atoms with Crippen molar-refractivity contribution in [3.8, 4) is 56.0 Å². The molecule has 0 spiro atoms. The first kappa shape index (κ1) is 27.9. The summed E-state index contributed by atoms with van der Waals surface area (Å²) in [4.78, 5) is 2.33. The summed E-state index contributed by atoms with van der Waals surface area (Å²) in [5.74, 6) is 1.70. The van der Waals surface area contributed by atoms with Crippen molar-refractivity contribution in [2.24, 2.45) is 0 Å². The number of benzene rings is 8. The minimum absolute atomic E-state index is 0.828. The minimum atomic E-state index is 0.828. The van der Waals surface area contributed by atoms with Crippen molar-refractivity contribution < 1.29 is 4.74 Å². The molecule has 2 heteroatoms. The van der Waals surface area contributed by atoms with Crippen LogP contribution in [0.1, 0.15) is 0 Å². The van der Waals surface area contributed by atoms with Crippen LogP contribution >= 0.6 is 0 Å². The Hall–Kier alpha value is -6.38. The van der Waals surface area contributed by atoms with E-state index in [2.05, 4.69) is 193 Å². The Balaban J connectivity index is 1.23. The van der Waals surface area contributed by atoms with E-state index in [0.29, 0.717) is 0 Å². The minimum Gasteiger partial charge on any atom is -0.455 e. The van der Waals surface area contributed by atoms with Gasteiger partial charge < -0.3 is 9.64 Å². The molecule has 48 heavy (non-hydrogen) atoms. The first-order valence-corrected chi connectivity index (χ1v) is 16.3. The standard InChI is InChI=1S/C46H31NO/c1-3-12-32(13-4-1)34-22-25-37(26-23-34)47(38-27-24-33-14-7-8-17-36(33)30-38)39-28-29-43-41-18-9-10-19-42(41)44-21-11-20-40(35-15-5-2-6-16-35)46(44)48-45(43)31-39/h1-31H. The molecular weight excluding hydrogens is 583 g/mol. The molecule has 0 radical (unpaired) electrons. The maximum atomic E-state index is 7.05. The van der Waals surface area contributed by atoms with E-state index < -0.39 is 0 Å². The molecule has 0 bridgehead atoms. The zero-order chi connectivity index (χ0) is 31.9. The molecule has 0 aromatic heterocycles. The van der Waals surface area contributed by atoms with E-state index >= 15 is 0 Å². The highest BCUT2D eigenvalue weighted by Crippen LogP contribution is 2.51. The maximum Gasteiger partial charge on any atom is 0.143 e. The van der Waals surface area contributed by atoms with E-state index in [4.69, 9.17) is 4.74 Å². The average molecular weight is 614 g/mol. The van der Waals surface area contributed by atoms with Gasteiger partial charge in [0, 0.05) is 39.8 Å². The molecule has 1 aliphatic heterocycles. The Morgan fingerprint density at radius 1 is 0.312 bits per heavy atom. The third kappa shape index (κ3) is 4.92. The second kappa shape index (κ2) is 11.8. The van der Waals surface area contributed by atoms with E-state index in [-0.39, 0.29) is 0 Å². The molecule has 226 valence electrons. The van der Waals surface area contributed by atoms with Gasteiger partial charge in [-0.05, 0) is 75.0 Å². The van der Waals surface area contributed by atoms with Crippen molar-refractivity contribution in [3.05, 3.63) is 188 Å². The lowest BCUT2D eigenvalue weighted by molar-refractivity contribution is 0.489. The molecule has 0 unspecified atom stereocenters. The Morgan fingerprint density at radius 3 is 1.62 bits per heavy atom. The largest absolute Gasteiger partial charge is 0.455 e. The number of anilines is 3. The molecule has 0 N–H and O–H groups in total. The predicted octanol–water partition coefficient (Wildman–Crippen LogP) is 13.1. The lowest BCUT2D eigenvalue weighted by atomic mass is 9.92. The van der Waals surface area contributed by atoms with Crippen molar-refractivity contribution in [2.45, 2.75) is 0 Å². The fourth-order valence-corrected chi connectivity index (χ4v) is 6.92. The molecule has 0 saturated carbocycles. The van der Waals surface area contributed by atoms with Crippen LogP contribution in [0.2, 0.25) is 0 Å². The number of ether oxygens (including phenoxy) is 1. The van der Waals surface area contributed by atoms with Gasteiger partial charge in [0.25, 0.3) is 0 Å². The molecule has 0 amide bonds. The summed E-state index contributed by atoms with van der Waals surface area (Å²) >= 11 is 0. The Morgan fingerprint density at radius 2 is 0.854 bits per heavy atom. The van der Waals surface area contributed by atoms with E-state index in [1.165, 1.54) is 27.5 Å². The lowest BCUT2D eigenvalue weighted by Gasteiger charge is -2.27. The van der Waals surface area contributed by atoms with Crippen molar-refractivity contribution in [2.75, 3.05) is 4.90 Å². The van der Waals surface area contributed by atoms with Crippen LogP contribution in [0.3, 0.4) is 0 Å². The van der Waals surface area contributed by atoms with Gasteiger partial charge in [0.05, 0.1) is 0 Å². The Labute approximate surface area is 280 Å². The summed E-state index contributed by atoms with van der Waals surface area (Å²) < 4.78 is 7.05. The zero-order valence-corrected chi connectivity index (χ0v) is 26.3. The number of hydrogen-bond acceptors (Lipinski definition) is 2. The number of nitrogens with zero attached hydrogens (tertiary/aromatic N) is 1. The van der Waals surface area contributed by atoms with E-state index in [1.807, 2.05) is 0 Å². The van der Waals surface area contributed by atoms with Crippen LogP contribution in [-0.4, -0.2) is 0 Å². The Bertz CT molecular complexity index is 2410. The molecule has 9 rings (SSSR count). The molecular formula is C46H31NO. The van der Waals surface area contributed by atoms with E-state index in [1.54, 1.807) is 0 Å². The van der Waals surface area contributed by atoms with Crippen molar-refractivity contribution in [3.63, 3.8) is 0 Å². The first-order chi connectivity index (χ1) is 23.8. The molecule has 0 saturated heterocycles. The number of para-hydroxylation sites is 1. The van der Waals surface area contributed by atoms with Crippen LogP contribution in [0.15, 0.2) is 188 Å². The number of hydrogen-bond donors (Lipinski definition) is 0. The maximum absolute atomic E-state index is 7.05. The van der Waals surface area contributed by atoms with Gasteiger partial charge in [0.15, 0.2) is 0 Å². The zero-order valence-electron chi connectivity index (χ0n) is 26.3. The highest BCUT2D eigenvalue weighted by molar-refractivity contribution is 5.96. The third-order valence-corrected chi connectivity index (χ3v) is 9.27. The van der Waals surface area contributed by atoms with Gasteiger partial charge in [0.2, 0.25) is 0 Å².